The number of para-hydroxylation sites is 1. The van der Waals surface area contributed by atoms with E-state index in [2.05, 4.69) is 5.32 Å². The summed E-state index contributed by atoms with van der Waals surface area (Å²) < 4.78 is 5.49. The molecule has 1 rings (SSSR count). The third kappa shape index (κ3) is 4.86. The molecular formula is C17H24ClNO4. The fraction of sp³-hybridized carbons (Fsp3) is 0.529. The van der Waals surface area contributed by atoms with Crippen molar-refractivity contribution in [2.75, 3.05) is 13.2 Å². The van der Waals surface area contributed by atoms with E-state index in [0.29, 0.717) is 35.8 Å². The Morgan fingerprint density at radius 3 is 2.43 bits per heavy atom. The van der Waals surface area contributed by atoms with Crippen LogP contribution in [0.5, 0.6) is 5.75 Å². The van der Waals surface area contributed by atoms with Gasteiger partial charge in [0.2, 0.25) is 5.91 Å². The molecule has 0 saturated heterocycles. The molecule has 23 heavy (non-hydrogen) atoms. The number of carboxylic acid groups (broad SMARTS) is 1. The lowest BCUT2D eigenvalue weighted by Crippen LogP contribution is -2.42. The molecule has 5 nitrogen and oxygen atoms in total. The Hall–Kier alpha value is -1.75. The molecule has 128 valence electrons. The van der Waals surface area contributed by atoms with Gasteiger partial charge < -0.3 is 15.2 Å². The molecule has 0 aromatic heterocycles. The standard InChI is InChI=1S/C17H24ClNO4/c1-4-17(5-2,16(21)22)11-19-14(20)10-12-8-7-9-13(18)15(12)23-6-3/h7-9H,4-6,10-11H2,1-3H3,(H,19,20)(H,21,22). The Morgan fingerprint density at radius 2 is 1.91 bits per heavy atom. The maximum absolute atomic E-state index is 12.2. The molecule has 0 radical (unpaired) electrons. The topological polar surface area (TPSA) is 75.6 Å². The van der Waals surface area contributed by atoms with Gasteiger partial charge in [-0.3, -0.25) is 9.59 Å². The van der Waals surface area contributed by atoms with Gasteiger partial charge in [-0.1, -0.05) is 37.6 Å². The van der Waals surface area contributed by atoms with E-state index in [1.165, 1.54) is 0 Å². The van der Waals surface area contributed by atoms with E-state index in [-0.39, 0.29) is 18.9 Å². The van der Waals surface area contributed by atoms with Gasteiger partial charge in [-0.05, 0) is 25.8 Å². The fourth-order valence-electron chi connectivity index (χ4n) is 2.38. The quantitative estimate of drug-likeness (QED) is 0.722. The van der Waals surface area contributed by atoms with Crippen molar-refractivity contribution in [2.24, 2.45) is 5.41 Å². The van der Waals surface area contributed by atoms with E-state index in [9.17, 15) is 14.7 Å². The minimum absolute atomic E-state index is 0.0963. The van der Waals surface area contributed by atoms with Crippen molar-refractivity contribution in [2.45, 2.75) is 40.0 Å². The number of hydrogen-bond acceptors (Lipinski definition) is 3. The highest BCUT2D eigenvalue weighted by Crippen LogP contribution is 2.29. The second-order valence-electron chi connectivity index (χ2n) is 5.41. The van der Waals surface area contributed by atoms with Gasteiger partial charge in [0.15, 0.2) is 0 Å². The van der Waals surface area contributed by atoms with Gasteiger partial charge in [-0.2, -0.15) is 0 Å². The number of carbonyl (C=O) groups is 2. The molecule has 0 heterocycles. The molecule has 0 aliphatic rings. The maximum Gasteiger partial charge on any atom is 0.311 e. The molecule has 0 aliphatic heterocycles. The number of carbonyl (C=O) groups excluding carboxylic acids is 1. The van der Waals surface area contributed by atoms with Crippen molar-refractivity contribution >= 4 is 23.5 Å². The first-order chi connectivity index (χ1) is 10.9. The minimum atomic E-state index is -0.924. The van der Waals surface area contributed by atoms with Crippen LogP contribution in [0.3, 0.4) is 0 Å². The van der Waals surface area contributed by atoms with Gasteiger partial charge in [0, 0.05) is 12.1 Å². The number of nitrogens with one attached hydrogen (secondary N) is 1. The van der Waals surface area contributed by atoms with E-state index in [0.717, 1.165) is 0 Å². The number of ether oxygens (including phenoxy) is 1. The molecule has 2 N–H and O–H groups in total. The Labute approximate surface area is 142 Å². The summed E-state index contributed by atoms with van der Waals surface area (Å²) in [6.45, 7) is 6.03. The van der Waals surface area contributed by atoms with E-state index >= 15 is 0 Å². The first kappa shape index (κ1) is 19.3. The zero-order valence-corrected chi connectivity index (χ0v) is 14.6. The first-order valence-corrected chi connectivity index (χ1v) is 8.18. The molecule has 0 saturated carbocycles. The molecule has 0 aliphatic carbocycles. The van der Waals surface area contributed by atoms with Crippen LogP contribution in [0.2, 0.25) is 5.02 Å². The summed E-state index contributed by atoms with van der Waals surface area (Å²) in [5.74, 6) is -0.636. The summed E-state index contributed by atoms with van der Waals surface area (Å²) in [5.41, 5.74) is -0.238. The van der Waals surface area contributed by atoms with Gasteiger partial charge in [0.05, 0.1) is 23.5 Å². The fourth-order valence-corrected chi connectivity index (χ4v) is 2.63. The predicted octanol–water partition coefficient (Wildman–Crippen LogP) is 3.29. The zero-order chi connectivity index (χ0) is 17.5. The summed E-state index contributed by atoms with van der Waals surface area (Å²) in [4.78, 5) is 23.6. The molecule has 1 aromatic rings. The van der Waals surface area contributed by atoms with Crippen LogP contribution in [-0.4, -0.2) is 30.1 Å². The molecule has 0 fully saturated rings. The Kier molecular flexibility index (Phi) is 7.36. The number of carboxylic acids is 1. The van der Waals surface area contributed by atoms with Crippen molar-refractivity contribution < 1.29 is 19.4 Å². The third-order valence-corrected chi connectivity index (χ3v) is 4.42. The highest BCUT2D eigenvalue weighted by Gasteiger charge is 2.35. The van der Waals surface area contributed by atoms with Crippen molar-refractivity contribution in [3.05, 3.63) is 28.8 Å². The Morgan fingerprint density at radius 1 is 1.26 bits per heavy atom. The van der Waals surface area contributed by atoms with Crippen LogP contribution in [-0.2, 0) is 16.0 Å². The molecule has 0 bridgehead atoms. The van der Waals surface area contributed by atoms with Crippen molar-refractivity contribution in [3.63, 3.8) is 0 Å². The van der Waals surface area contributed by atoms with Crippen LogP contribution in [0.1, 0.15) is 39.2 Å². The van der Waals surface area contributed by atoms with Gasteiger partial charge in [-0.25, -0.2) is 0 Å². The van der Waals surface area contributed by atoms with Gasteiger partial charge in [-0.15, -0.1) is 0 Å². The van der Waals surface area contributed by atoms with E-state index in [1.54, 1.807) is 18.2 Å². The van der Waals surface area contributed by atoms with E-state index < -0.39 is 11.4 Å². The average Bonchev–Trinajstić information content (AvgIpc) is 2.52. The minimum Gasteiger partial charge on any atom is -0.492 e. The van der Waals surface area contributed by atoms with Gasteiger partial charge in [0.25, 0.3) is 0 Å². The van der Waals surface area contributed by atoms with Gasteiger partial charge in [0.1, 0.15) is 5.75 Å². The second-order valence-corrected chi connectivity index (χ2v) is 5.81. The number of halogens is 1. The van der Waals surface area contributed by atoms with Crippen LogP contribution in [0.15, 0.2) is 18.2 Å². The molecule has 0 unspecified atom stereocenters. The molecule has 0 atom stereocenters. The monoisotopic (exact) mass is 341 g/mol. The van der Waals surface area contributed by atoms with Crippen LogP contribution in [0.25, 0.3) is 0 Å². The normalized spacial score (nSPS) is 11.1. The molecule has 0 spiro atoms. The smallest absolute Gasteiger partial charge is 0.311 e. The molecule has 6 heteroatoms. The summed E-state index contributed by atoms with van der Waals surface area (Å²) in [5, 5.41) is 12.6. The van der Waals surface area contributed by atoms with Crippen LogP contribution < -0.4 is 10.1 Å². The number of aliphatic carboxylic acids is 1. The highest BCUT2D eigenvalue weighted by atomic mass is 35.5. The Balaban J connectivity index is 2.78. The second kappa shape index (κ2) is 8.77. The summed E-state index contributed by atoms with van der Waals surface area (Å²) in [7, 11) is 0. The van der Waals surface area contributed by atoms with Crippen LogP contribution in [0, 0.1) is 5.41 Å². The zero-order valence-electron chi connectivity index (χ0n) is 13.8. The molecule has 1 aromatic carbocycles. The average molecular weight is 342 g/mol. The number of benzene rings is 1. The summed E-state index contributed by atoms with van der Waals surface area (Å²) in [6, 6.07) is 5.24. The summed E-state index contributed by atoms with van der Waals surface area (Å²) >= 11 is 6.09. The van der Waals surface area contributed by atoms with E-state index in [1.807, 2.05) is 20.8 Å². The lowest BCUT2D eigenvalue weighted by atomic mass is 9.82. The van der Waals surface area contributed by atoms with Crippen molar-refractivity contribution in [1.29, 1.82) is 0 Å². The van der Waals surface area contributed by atoms with Crippen molar-refractivity contribution in [1.82, 2.24) is 5.32 Å². The number of rotatable bonds is 9. The largest absolute Gasteiger partial charge is 0.492 e. The van der Waals surface area contributed by atoms with Crippen molar-refractivity contribution in [3.8, 4) is 5.75 Å². The lowest BCUT2D eigenvalue weighted by molar-refractivity contribution is -0.149. The van der Waals surface area contributed by atoms with E-state index in [4.69, 9.17) is 16.3 Å². The number of amides is 1. The highest BCUT2D eigenvalue weighted by molar-refractivity contribution is 6.32. The SMILES string of the molecule is CCOc1c(Cl)cccc1CC(=O)NCC(CC)(CC)C(=O)O. The number of hydrogen-bond donors (Lipinski definition) is 2. The Bertz CT molecular complexity index is 556. The molecular weight excluding hydrogens is 318 g/mol. The summed E-state index contributed by atoms with van der Waals surface area (Å²) in [6.07, 6.45) is 1.01. The molecule has 1 amide bonds. The van der Waals surface area contributed by atoms with Crippen LogP contribution >= 0.6 is 11.6 Å². The third-order valence-electron chi connectivity index (χ3n) is 4.12. The lowest BCUT2D eigenvalue weighted by Gasteiger charge is -2.26. The predicted molar refractivity (Wildman–Crippen MR) is 90.0 cm³/mol. The van der Waals surface area contributed by atoms with Crippen LogP contribution in [0.4, 0.5) is 0 Å². The maximum atomic E-state index is 12.2. The van der Waals surface area contributed by atoms with Gasteiger partial charge >= 0.3 is 5.97 Å². The first-order valence-electron chi connectivity index (χ1n) is 7.80.